The Labute approximate surface area is 263 Å². The van der Waals surface area contributed by atoms with E-state index in [2.05, 4.69) is 6.92 Å². The number of carbonyl (C=O) groups is 5. The van der Waals surface area contributed by atoms with Gasteiger partial charge in [-0.3, -0.25) is 19.2 Å². The number of hydrogen-bond donors (Lipinski definition) is 1. The van der Waals surface area contributed by atoms with Gasteiger partial charge in [-0.25, -0.2) is 0 Å². The monoisotopic (exact) mass is 580 g/mol. The number of carboxylic acids is 1. The van der Waals surface area contributed by atoms with Crippen molar-refractivity contribution in [1.82, 2.24) is 0 Å². The molecule has 0 radical (unpaired) electrons. The van der Waals surface area contributed by atoms with E-state index in [9.17, 15) is 34.2 Å². The zero-order chi connectivity index (χ0) is 29.7. The van der Waals surface area contributed by atoms with Gasteiger partial charge >= 0.3 is 41.5 Å². The molecule has 0 amide bonds. The first kappa shape index (κ1) is 33.7. The molecule has 7 atom stereocenters. The number of esters is 2. The molecule has 4 aliphatic rings. The van der Waals surface area contributed by atoms with Gasteiger partial charge in [-0.15, -0.1) is 0 Å². The molecule has 4 rings (SSSR count). The topological polar surface area (TPSA) is 147 Å². The van der Waals surface area contributed by atoms with Crippen molar-refractivity contribution in [2.24, 2.45) is 34.0 Å². The molecular formula is C31H41NaO9. The van der Waals surface area contributed by atoms with Gasteiger partial charge < -0.3 is 24.5 Å². The smallest absolute Gasteiger partial charge is 0.550 e. The van der Waals surface area contributed by atoms with E-state index in [0.717, 1.165) is 12.0 Å². The van der Waals surface area contributed by atoms with Gasteiger partial charge in [-0.05, 0) is 67.9 Å². The fourth-order valence-electron chi connectivity index (χ4n) is 8.05. The van der Waals surface area contributed by atoms with Crippen molar-refractivity contribution in [3.63, 3.8) is 0 Å². The molecule has 0 heterocycles. The van der Waals surface area contributed by atoms with Gasteiger partial charge in [0.1, 0.15) is 11.7 Å². The number of carboxylic acid groups (broad SMARTS) is 1. The van der Waals surface area contributed by atoms with Crippen molar-refractivity contribution in [3.05, 3.63) is 23.8 Å². The standard InChI is InChI=1S/C31H42O9.Na/c1-28(2,3)16-26(37)40-22-15-30(5)21(20-7-6-18-14-19(32)10-12-29(18,4)27(20)22)11-13-31(30,38)23(33)17-39-25(36)9-8-24(34)35;/h10,12,14,20-22,27,38H,6-9,11,13,15-17H2,1-5H3,(H,34,35);/q;+1/p-1/t20-,21-,22+,27+,29-,30-,31-;/m0./s1. The van der Waals surface area contributed by atoms with Gasteiger partial charge in [0.05, 0.1) is 12.8 Å². The van der Waals surface area contributed by atoms with Crippen molar-refractivity contribution >= 4 is 29.5 Å². The van der Waals surface area contributed by atoms with Crippen LogP contribution in [0.4, 0.5) is 0 Å². The quantitative estimate of drug-likeness (QED) is 0.300. The molecule has 0 spiro atoms. The van der Waals surface area contributed by atoms with Gasteiger partial charge in [-0.1, -0.05) is 46.3 Å². The van der Waals surface area contributed by atoms with Crippen LogP contribution < -0.4 is 34.7 Å². The number of fused-ring (bicyclic) bond motifs is 5. The van der Waals surface area contributed by atoms with Crippen molar-refractivity contribution in [3.8, 4) is 0 Å². The molecule has 0 aromatic heterocycles. The number of aliphatic carboxylic acids is 1. The van der Waals surface area contributed by atoms with Crippen LogP contribution in [0.3, 0.4) is 0 Å². The molecule has 0 saturated heterocycles. The van der Waals surface area contributed by atoms with Crippen LogP contribution in [0, 0.1) is 34.0 Å². The van der Waals surface area contributed by atoms with E-state index in [1.807, 2.05) is 33.8 Å². The summed E-state index contributed by atoms with van der Waals surface area (Å²) in [6.45, 7) is 9.16. The van der Waals surface area contributed by atoms with E-state index < -0.39 is 59.7 Å². The maximum absolute atomic E-state index is 13.5. The summed E-state index contributed by atoms with van der Waals surface area (Å²) in [6, 6.07) is 0. The summed E-state index contributed by atoms with van der Waals surface area (Å²) in [4.78, 5) is 61.4. The van der Waals surface area contributed by atoms with E-state index in [1.54, 1.807) is 12.2 Å². The first-order chi connectivity index (χ1) is 18.5. The number of rotatable bonds is 8. The van der Waals surface area contributed by atoms with Crippen molar-refractivity contribution in [1.29, 1.82) is 0 Å². The summed E-state index contributed by atoms with van der Waals surface area (Å²) in [5.41, 5.74) is -2.51. The Bertz CT molecular complexity index is 1170. The maximum Gasteiger partial charge on any atom is 1.00 e. The van der Waals surface area contributed by atoms with Crippen LogP contribution in [0.1, 0.15) is 86.0 Å². The summed E-state index contributed by atoms with van der Waals surface area (Å²) in [5, 5.41) is 22.6. The third-order valence-corrected chi connectivity index (χ3v) is 9.94. The molecule has 0 aromatic carbocycles. The predicted octanol–water partition coefficient (Wildman–Crippen LogP) is -0.370. The maximum atomic E-state index is 13.5. The van der Waals surface area contributed by atoms with Crippen LogP contribution >= 0.6 is 0 Å². The molecule has 220 valence electrons. The summed E-state index contributed by atoms with van der Waals surface area (Å²) in [5.74, 6) is -3.43. The molecule has 41 heavy (non-hydrogen) atoms. The Morgan fingerprint density at radius 1 is 1.10 bits per heavy atom. The van der Waals surface area contributed by atoms with Gasteiger partial charge in [-0.2, -0.15) is 0 Å². The Morgan fingerprint density at radius 3 is 2.41 bits per heavy atom. The molecule has 0 unspecified atom stereocenters. The Balaban J connectivity index is 0.00000462. The summed E-state index contributed by atoms with van der Waals surface area (Å²) in [6.07, 6.45) is 6.34. The van der Waals surface area contributed by atoms with Crippen LogP contribution in [-0.2, 0) is 33.4 Å². The fourth-order valence-corrected chi connectivity index (χ4v) is 8.05. The molecule has 4 aliphatic carbocycles. The molecular weight excluding hydrogens is 539 g/mol. The Hall–Kier alpha value is -1.81. The third-order valence-electron chi connectivity index (χ3n) is 9.94. The van der Waals surface area contributed by atoms with E-state index in [-0.39, 0.29) is 83.7 Å². The first-order valence-electron chi connectivity index (χ1n) is 14.2. The van der Waals surface area contributed by atoms with Crippen molar-refractivity contribution < 1.29 is 73.2 Å². The molecule has 0 aliphatic heterocycles. The normalized spacial score (nSPS) is 35.7. The second kappa shape index (κ2) is 12.1. The SMILES string of the molecule is CC(C)(C)CC(=O)O[C@@H]1C[C@@]2(C)[C@@H](CC[C@]2(O)C(=O)COC(=O)CCC(=O)[O-])[C@@H]2CCC3=CC(=O)C=C[C@]3(C)[C@H]21.[Na+]. The molecule has 3 saturated carbocycles. The van der Waals surface area contributed by atoms with E-state index in [1.165, 1.54) is 0 Å². The molecule has 0 aromatic rings. The van der Waals surface area contributed by atoms with Gasteiger partial charge in [0, 0.05) is 22.7 Å². The Kier molecular flexibility index (Phi) is 9.91. The minimum Gasteiger partial charge on any atom is -0.550 e. The number of aliphatic hydroxyl groups is 1. The van der Waals surface area contributed by atoms with E-state index >= 15 is 0 Å². The predicted molar refractivity (Wildman–Crippen MR) is 141 cm³/mol. The van der Waals surface area contributed by atoms with Crippen LogP contribution in [0.5, 0.6) is 0 Å². The molecule has 10 heteroatoms. The van der Waals surface area contributed by atoms with Gasteiger partial charge in [0.2, 0.25) is 5.78 Å². The third kappa shape index (κ3) is 6.43. The van der Waals surface area contributed by atoms with Gasteiger partial charge in [0.25, 0.3) is 0 Å². The molecule has 9 nitrogen and oxygen atoms in total. The average molecular weight is 581 g/mol. The number of hydrogen-bond acceptors (Lipinski definition) is 9. The largest absolute Gasteiger partial charge is 1.00 e. The van der Waals surface area contributed by atoms with E-state index in [0.29, 0.717) is 12.8 Å². The van der Waals surface area contributed by atoms with Crippen LogP contribution in [0.15, 0.2) is 23.8 Å². The summed E-state index contributed by atoms with van der Waals surface area (Å²) >= 11 is 0. The minimum absolute atomic E-state index is 0. The second-order valence-corrected chi connectivity index (χ2v) is 13.8. The van der Waals surface area contributed by atoms with Crippen LogP contribution in [-0.4, -0.2) is 52.9 Å². The number of allylic oxidation sites excluding steroid dienone is 4. The fraction of sp³-hybridized carbons (Fsp3) is 0.710. The molecule has 3 fully saturated rings. The van der Waals surface area contributed by atoms with Crippen molar-refractivity contribution in [2.75, 3.05) is 6.61 Å². The zero-order valence-electron chi connectivity index (χ0n) is 25.1. The Morgan fingerprint density at radius 2 is 1.78 bits per heavy atom. The zero-order valence-corrected chi connectivity index (χ0v) is 27.1. The average Bonchev–Trinajstić information content (AvgIpc) is 3.11. The summed E-state index contributed by atoms with van der Waals surface area (Å²) < 4.78 is 11.3. The van der Waals surface area contributed by atoms with Crippen LogP contribution in [0.2, 0.25) is 0 Å². The van der Waals surface area contributed by atoms with E-state index in [4.69, 9.17) is 9.47 Å². The number of ether oxygens (including phenoxy) is 2. The number of carbonyl (C=O) groups excluding carboxylic acids is 5. The summed E-state index contributed by atoms with van der Waals surface area (Å²) in [7, 11) is 0. The minimum atomic E-state index is -1.80. The molecule has 1 N–H and O–H groups in total. The first-order valence-corrected chi connectivity index (χ1v) is 14.2. The molecule has 0 bridgehead atoms. The van der Waals surface area contributed by atoms with Crippen molar-refractivity contribution in [2.45, 2.75) is 97.7 Å². The number of Topliss-reactive ketones (excluding diaryl/α,β-unsaturated/α-hetero) is 1. The second-order valence-electron chi connectivity index (χ2n) is 13.8. The number of ketones is 2. The van der Waals surface area contributed by atoms with Gasteiger partial charge in [0.15, 0.2) is 12.4 Å². The van der Waals surface area contributed by atoms with Crippen LogP contribution in [0.25, 0.3) is 0 Å².